The Bertz CT molecular complexity index is 1050. The molecule has 0 aliphatic carbocycles. The fourth-order valence-electron chi connectivity index (χ4n) is 4.24. The molecule has 0 atom stereocenters. The van der Waals surface area contributed by atoms with Crippen LogP contribution in [0.1, 0.15) is 39.5 Å². The van der Waals surface area contributed by atoms with Crippen LogP contribution in [0.5, 0.6) is 11.5 Å². The van der Waals surface area contributed by atoms with Crippen molar-refractivity contribution in [1.29, 1.82) is 0 Å². The van der Waals surface area contributed by atoms with Gasteiger partial charge in [-0.2, -0.15) is 8.61 Å². The molecule has 2 fully saturated rings. The summed E-state index contributed by atoms with van der Waals surface area (Å²) in [6, 6.07) is 12.7. The monoisotopic (exact) mass is 492 g/mol. The van der Waals surface area contributed by atoms with Gasteiger partial charge in [-0.15, -0.1) is 0 Å². The zero-order valence-corrected chi connectivity index (χ0v) is 20.8. The summed E-state index contributed by atoms with van der Waals surface area (Å²) in [5, 5.41) is 0. The average molecular weight is 493 g/mol. The van der Waals surface area contributed by atoms with Gasteiger partial charge in [0.15, 0.2) is 0 Å². The second-order valence-corrected chi connectivity index (χ2v) is 13.1. The fraction of sp³-hybridized carbons (Fsp3) is 0.500. The second kappa shape index (κ2) is 9.74. The lowest BCUT2D eigenvalue weighted by molar-refractivity contribution is 0.287. The molecule has 33 heavy (non-hydrogen) atoms. The van der Waals surface area contributed by atoms with Crippen LogP contribution in [0.15, 0.2) is 58.3 Å². The maximum atomic E-state index is 12.9. The van der Waals surface area contributed by atoms with Crippen molar-refractivity contribution in [1.82, 2.24) is 8.61 Å². The van der Waals surface area contributed by atoms with Crippen molar-refractivity contribution in [3.05, 3.63) is 48.5 Å². The van der Waals surface area contributed by atoms with Crippen molar-refractivity contribution in [3.8, 4) is 11.5 Å². The first-order valence-electron chi connectivity index (χ1n) is 11.5. The molecular formula is C24H32N2O5S2. The number of sulfonamides is 2. The number of hydrogen-bond donors (Lipinski definition) is 0. The van der Waals surface area contributed by atoms with Crippen molar-refractivity contribution >= 4 is 20.0 Å². The minimum atomic E-state index is -3.50. The van der Waals surface area contributed by atoms with Gasteiger partial charge in [-0.25, -0.2) is 16.8 Å². The molecule has 0 amide bonds. The Hall–Kier alpha value is -1.94. The molecule has 2 saturated heterocycles. The van der Waals surface area contributed by atoms with Crippen LogP contribution in [0.4, 0.5) is 0 Å². The first-order valence-corrected chi connectivity index (χ1v) is 14.4. The third-order valence-electron chi connectivity index (χ3n) is 6.64. The normalized spacial score (nSPS) is 20.1. The maximum Gasteiger partial charge on any atom is 0.243 e. The maximum absolute atomic E-state index is 12.9. The SMILES string of the molecule is CC1CCN(S(=O)(=O)c2ccc(Oc3ccc(S(=O)(=O)N4CCC(C)CC4)cc3)cc2)CC1. The van der Waals surface area contributed by atoms with E-state index in [1.54, 1.807) is 57.1 Å². The Morgan fingerprint density at radius 3 is 1.21 bits per heavy atom. The molecule has 180 valence electrons. The molecule has 2 heterocycles. The molecule has 0 aromatic heterocycles. The number of piperidine rings is 2. The molecule has 0 spiro atoms. The topological polar surface area (TPSA) is 84.0 Å². The molecular weight excluding hydrogens is 460 g/mol. The van der Waals surface area contributed by atoms with Gasteiger partial charge >= 0.3 is 0 Å². The van der Waals surface area contributed by atoms with Gasteiger partial charge in [0, 0.05) is 26.2 Å². The van der Waals surface area contributed by atoms with Crippen LogP contribution in [0, 0.1) is 11.8 Å². The molecule has 0 N–H and O–H groups in total. The zero-order chi connectivity index (χ0) is 23.6. The number of ether oxygens (including phenoxy) is 1. The van der Waals surface area contributed by atoms with E-state index in [9.17, 15) is 16.8 Å². The molecule has 0 radical (unpaired) electrons. The van der Waals surface area contributed by atoms with Crippen molar-refractivity contribution < 1.29 is 21.6 Å². The predicted octanol–water partition coefficient (Wildman–Crippen LogP) is 4.32. The third kappa shape index (κ3) is 5.42. The summed E-state index contributed by atoms with van der Waals surface area (Å²) in [5.74, 6) is 2.08. The van der Waals surface area contributed by atoms with Crippen LogP contribution in [-0.4, -0.2) is 51.6 Å². The van der Waals surface area contributed by atoms with Gasteiger partial charge in [-0.05, 0) is 86.1 Å². The van der Waals surface area contributed by atoms with E-state index in [1.165, 1.54) is 0 Å². The number of nitrogens with zero attached hydrogens (tertiary/aromatic N) is 2. The van der Waals surface area contributed by atoms with Gasteiger partial charge < -0.3 is 4.74 Å². The van der Waals surface area contributed by atoms with E-state index < -0.39 is 20.0 Å². The van der Waals surface area contributed by atoms with E-state index in [2.05, 4.69) is 13.8 Å². The van der Waals surface area contributed by atoms with Crippen molar-refractivity contribution in [3.63, 3.8) is 0 Å². The predicted molar refractivity (Wildman–Crippen MR) is 127 cm³/mol. The standard InChI is InChI=1S/C24H32N2O5S2/c1-19-11-15-25(16-12-19)32(27,28)23-7-3-21(4-8-23)31-22-5-9-24(10-6-22)33(29,30)26-17-13-20(2)14-18-26/h3-10,19-20H,11-18H2,1-2H3. The highest BCUT2D eigenvalue weighted by molar-refractivity contribution is 7.89. The Morgan fingerprint density at radius 1 is 0.606 bits per heavy atom. The van der Waals surface area contributed by atoms with Crippen LogP contribution in [0.25, 0.3) is 0 Å². The third-order valence-corrected chi connectivity index (χ3v) is 10.5. The van der Waals surface area contributed by atoms with Crippen molar-refractivity contribution in [2.75, 3.05) is 26.2 Å². The van der Waals surface area contributed by atoms with Crippen molar-refractivity contribution in [2.24, 2.45) is 11.8 Å². The lowest BCUT2D eigenvalue weighted by Gasteiger charge is -2.29. The smallest absolute Gasteiger partial charge is 0.243 e. The lowest BCUT2D eigenvalue weighted by atomic mass is 10.0. The summed E-state index contributed by atoms with van der Waals surface area (Å²) in [5.41, 5.74) is 0. The highest BCUT2D eigenvalue weighted by Gasteiger charge is 2.29. The Morgan fingerprint density at radius 2 is 0.909 bits per heavy atom. The molecule has 2 aromatic carbocycles. The number of hydrogen-bond acceptors (Lipinski definition) is 5. The number of rotatable bonds is 6. The summed E-state index contributed by atoms with van der Waals surface area (Å²) < 4.78 is 60.4. The van der Waals surface area contributed by atoms with E-state index in [-0.39, 0.29) is 9.79 Å². The average Bonchev–Trinajstić information content (AvgIpc) is 2.80. The van der Waals surface area contributed by atoms with Crippen LogP contribution >= 0.6 is 0 Å². The molecule has 9 heteroatoms. The summed E-state index contributed by atoms with van der Waals surface area (Å²) in [6.07, 6.45) is 3.51. The fourth-order valence-corrected chi connectivity index (χ4v) is 7.18. The van der Waals surface area contributed by atoms with Gasteiger partial charge in [-0.3, -0.25) is 0 Å². The first kappa shape index (κ1) is 24.2. The molecule has 2 aromatic rings. The van der Waals surface area contributed by atoms with E-state index in [0.717, 1.165) is 25.7 Å². The van der Waals surface area contributed by atoms with Gasteiger partial charge in [0.2, 0.25) is 20.0 Å². The van der Waals surface area contributed by atoms with E-state index >= 15 is 0 Å². The minimum absolute atomic E-state index is 0.252. The molecule has 4 rings (SSSR count). The minimum Gasteiger partial charge on any atom is -0.457 e. The highest BCUT2D eigenvalue weighted by atomic mass is 32.2. The lowest BCUT2D eigenvalue weighted by Crippen LogP contribution is -2.37. The highest BCUT2D eigenvalue weighted by Crippen LogP contribution is 2.29. The van der Waals surface area contributed by atoms with Crippen LogP contribution in [0.3, 0.4) is 0 Å². The summed E-state index contributed by atoms with van der Waals surface area (Å²) >= 11 is 0. The molecule has 2 aliphatic rings. The quantitative estimate of drug-likeness (QED) is 0.600. The Kier molecular flexibility index (Phi) is 7.14. The molecule has 7 nitrogen and oxygen atoms in total. The van der Waals surface area contributed by atoms with Crippen molar-refractivity contribution in [2.45, 2.75) is 49.3 Å². The number of benzene rings is 2. The van der Waals surface area contributed by atoms with Gasteiger partial charge in [0.25, 0.3) is 0 Å². The molecule has 0 bridgehead atoms. The summed E-state index contributed by atoms with van der Waals surface area (Å²) in [4.78, 5) is 0.503. The van der Waals surface area contributed by atoms with Gasteiger partial charge in [0.05, 0.1) is 9.79 Å². The summed E-state index contributed by atoms with van der Waals surface area (Å²) in [6.45, 7) is 6.49. The van der Waals surface area contributed by atoms with Gasteiger partial charge in [-0.1, -0.05) is 13.8 Å². The van der Waals surface area contributed by atoms with E-state index in [0.29, 0.717) is 49.5 Å². The van der Waals surface area contributed by atoms with E-state index in [4.69, 9.17) is 4.74 Å². The summed E-state index contributed by atoms with van der Waals surface area (Å²) in [7, 11) is -7.01. The largest absolute Gasteiger partial charge is 0.457 e. The first-order chi connectivity index (χ1) is 15.7. The van der Waals surface area contributed by atoms with Crippen LogP contribution < -0.4 is 4.74 Å². The van der Waals surface area contributed by atoms with Crippen LogP contribution in [0.2, 0.25) is 0 Å². The zero-order valence-electron chi connectivity index (χ0n) is 19.2. The van der Waals surface area contributed by atoms with E-state index in [1.807, 2.05) is 0 Å². The second-order valence-electron chi connectivity index (χ2n) is 9.22. The molecule has 0 saturated carbocycles. The Labute approximate surface area is 197 Å². The molecule has 2 aliphatic heterocycles. The molecule has 0 unspecified atom stereocenters. The van der Waals surface area contributed by atoms with Crippen LogP contribution in [-0.2, 0) is 20.0 Å². The Balaban J connectivity index is 1.41. The van der Waals surface area contributed by atoms with Gasteiger partial charge in [0.1, 0.15) is 11.5 Å².